The molecule has 0 radical (unpaired) electrons. The number of hydrogen-bond donors (Lipinski definition) is 0. The zero-order valence-electron chi connectivity index (χ0n) is 14.6. The monoisotopic (exact) mass is 343 g/mol. The van der Waals surface area contributed by atoms with Crippen molar-refractivity contribution < 1.29 is 0 Å². The molecule has 3 heterocycles. The lowest BCUT2D eigenvalue weighted by Crippen LogP contribution is -2.33. The van der Waals surface area contributed by atoms with Gasteiger partial charge in [-0.25, -0.2) is 4.98 Å². The molecular weight excluding hydrogens is 322 g/mol. The molecule has 2 aromatic carbocycles. The van der Waals surface area contributed by atoms with E-state index in [1.807, 2.05) is 28.9 Å². The Bertz CT molecular complexity index is 1030. The molecule has 1 saturated heterocycles. The summed E-state index contributed by atoms with van der Waals surface area (Å²) in [6.07, 6.45) is 4.24. The molecule has 0 spiro atoms. The molecule has 2 aromatic heterocycles. The Morgan fingerprint density at radius 3 is 2.50 bits per heavy atom. The van der Waals surface area contributed by atoms with Crippen LogP contribution in [0.4, 0.5) is 0 Å². The van der Waals surface area contributed by atoms with E-state index in [1.165, 1.54) is 18.4 Å². The molecule has 26 heavy (non-hydrogen) atoms. The van der Waals surface area contributed by atoms with E-state index in [2.05, 4.69) is 56.5 Å². The molecule has 0 saturated carbocycles. The van der Waals surface area contributed by atoms with Gasteiger partial charge in [0.2, 0.25) is 0 Å². The smallest absolute Gasteiger partial charge is 0.171 e. The first-order valence-electron chi connectivity index (χ1n) is 9.23. The van der Waals surface area contributed by atoms with Gasteiger partial charge in [0.05, 0.1) is 12.1 Å². The molecule has 4 aromatic rings. The summed E-state index contributed by atoms with van der Waals surface area (Å²) in [5.41, 5.74) is 3.32. The molecule has 5 heteroatoms. The number of piperidine rings is 1. The maximum absolute atomic E-state index is 4.55. The van der Waals surface area contributed by atoms with Crippen LogP contribution >= 0.6 is 0 Å². The Labute approximate surface area is 152 Å². The number of para-hydroxylation sites is 1. The average Bonchev–Trinajstić information content (AvgIpc) is 3.12. The first-order chi connectivity index (χ1) is 12.9. The molecule has 0 aliphatic carbocycles. The predicted molar refractivity (Wildman–Crippen MR) is 102 cm³/mol. The molecule has 5 nitrogen and oxygen atoms in total. The topological polar surface area (TPSA) is 46.3 Å². The highest BCUT2D eigenvalue weighted by Gasteiger charge is 2.22. The van der Waals surface area contributed by atoms with E-state index in [0.29, 0.717) is 5.92 Å². The Morgan fingerprint density at radius 2 is 1.65 bits per heavy atom. The minimum absolute atomic E-state index is 0.674. The summed E-state index contributed by atoms with van der Waals surface area (Å²) in [5.74, 6) is 1.64. The highest BCUT2D eigenvalue weighted by Crippen LogP contribution is 2.28. The van der Waals surface area contributed by atoms with Crippen molar-refractivity contribution in [3.8, 4) is 0 Å². The number of aromatic nitrogens is 4. The summed E-state index contributed by atoms with van der Waals surface area (Å²) in [4.78, 5) is 7.03. The largest absolute Gasteiger partial charge is 0.296 e. The molecular formula is C21H21N5. The summed E-state index contributed by atoms with van der Waals surface area (Å²) in [6, 6.07) is 19.0. The van der Waals surface area contributed by atoms with Crippen LogP contribution in [-0.4, -0.2) is 37.6 Å². The van der Waals surface area contributed by atoms with Gasteiger partial charge in [0.1, 0.15) is 6.33 Å². The third kappa shape index (κ3) is 2.74. The van der Waals surface area contributed by atoms with Crippen molar-refractivity contribution in [2.24, 2.45) is 0 Å². The van der Waals surface area contributed by atoms with Gasteiger partial charge in [-0.2, -0.15) is 0 Å². The van der Waals surface area contributed by atoms with Crippen LogP contribution < -0.4 is 0 Å². The van der Waals surface area contributed by atoms with Gasteiger partial charge < -0.3 is 0 Å². The number of rotatable bonds is 3. The van der Waals surface area contributed by atoms with E-state index in [-0.39, 0.29) is 0 Å². The second-order valence-corrected chi connectivity index (χ2v) is 7.03. The van der Waals surface area contributed by atoms with E-state index in [4.69, 9.17) is 0 Å². The van der Waals surface area contributed by atoms with E-state index < -0.39 is 0 Å². The standard InChI is InChI=1S/C21H21N5/c1-2-6-16(7-3-1)17-10-12-25(13-11-17)14-20-23-24-21-18-8-4-5-9-19(18)22-15-26(20)21/h1-9,15,17H,10-14H2. The lowest BCUT2D eigenvalue weighted by Gasteiger charge is -2.31. The average molecular weight is 343 g/mol. The molecule has 1 aliphatic heterocycles. The Hall–Kier alpha value is -2.79. The Morgan fingerprint density at radius 1 is 0.885 bits per heavy atom. The van der Waals surface area contributed by atoms with Crippen LogP contribution in [0.15, 0.2) is 60.9 Å². The predicted octanol–water partition coefficient (Wildman–Crippen LogP) is 3.66. The van der Waals surface area contributed by atoms with Gasteiger partial charge in [0.25, 0.3) is 0 Å². The number of hydrogen-bond acceptors (Lipinski definition) is 4. The fourth-order valence-electron chi connectivity index (χ4n) is 3.98. The molecule has 0 unspecified atom stereocenters. The summed E-state index contributed by atoms with van der Waals surface area (Å²) >= 11 is 0. The van der Waals surface area contributed by atoms with Gasteiger partial charge in [-0.3, -0.25) is 9.30 Å². The second kappa shape index (κ2) is 6.50. The third-order valence-corrected chi connectivity index (χ3v) is 5.45. The van der Waals surface area contributed by atoms with E-state index in [0.717, 1.165) is 42.0 Å². The molecule has 130 valence electrons. The fourth-order valence-corrected chi connectivity index (χ4v) is 3.98. The molecule has 0 amide bonds. The van der Waals surface area contributed by atoms with Crippen molar-refractivity contribution in [2.45, 2.75) is 25.3 Å². The molecule has 0 N–H and O–H groups in total. The lowest BCUT2D eigenvalue weighted by molar-refractivity contribution is 0.199. The van der Waals surface area contributed by atoms with Crippen LogP contribution in [0, 0.1) is 0 Å². The summed E-state index contributed by atoms with van der Waals surface area (Å²) < 4.78 is 2.03. The zero-order valence-corrected chi connectivity index (χ0v) is 14.6. The Kier molecular flexibility index (Phi) is 3.87. The van der Waals surface area contributed by atoms with Gasteiger partial charge in [0, 0.05) is 5.39 Å². The van der Waals surface area contributed by atoms with Crippen LogP contribution in [-0.2, 0) is 6.54 Å². The summed E-state index contributed by atoms with van der Waals surface area (Å²) in [7, 11) is 0. The maximum Gasteiger partial charge on any atom is 0.171 e. The highest BCUT2D eigenvalue weighted by atomic mass is 15.3. The summed E-state index contributed by atoms with van der Waals surface area (Å²) in [6.45, 7) is 3.01. The van der Waals surface area contributed by atoms with Crippen LogP contribution in [0.25, 0.3) is 16.6 Å². The lowest BCUT2D eigenvalue weighted by atomic mass is 9.89. The number of nitrogens with zero attached hydrogens (tertiary/aromatic N) is 5. The fraction of sp³-hybridized carbons (Fsp3) is 0.286. The minimum Gasteiger partial charge on any atom is -0.296 e. The maximum atomic E-state index is 4.55. The van der Waals surface area contributed by atoms with Crippen LogP contribution in [0.5, 0.6) is 0 Å². The number of fused-ring (bicyclic) bond motifs is 3. The van der Waals surface area contributed by atoms with Gasteiger partial charge >= 0.3 is 0 Å². The van der Waals surface area contributed by atoms with Crippen molar-refractivity contribution in [1.82, 2.24) is 24.5 Å². The molecule has 1 aliphatic rings. The van der Waals surface area contributed by atoms with Crippen LogP contribution in [0.3, 0.4) is 0 Å². The first-order valence-corrected chi connectivity index (χ1v) is 9.23. The molecule has 1 fully saturated rings. The van der Waals surface area contributed by atoms with Crippen molar-refractivity contribution in [1.29, 1.82) is 0 Å². The number of benzene rings is 2. The minimum atomic E-state index is 0.674. The second-order valence-electron chi connectivity index (χ2n) is 7.03. The van der Waals surface area contributed by atoms with Gasteiger partial charge in [-0.05, 0) is 49.5 Å². The van der Waals surface area contributed by atoms with Crippen LogP contribution in [0.1, 0.15) is 30.1 Å². The van der Waals surface area contributed by atoms with Crippen molar-refractivity contribution in [2.75, 3.05) is 13.1 Å². The molecule has 0 bridgehead atoms. The molecule has 5 rings (SSSR count). The third-order valence-electron chi connectivity index (χ3n) is 5.45. The van der Waals surface area contributed by atoms with Crippen LogP contribution in [0.2, 0.25) is 0 Å². The van der Waals surface area contributed by atoms with Gasteiger partial charge in [0.15, 0.2) is 11.5 Å². The number of likely N-dealkylation sites (tertiary alicyclic amines) is 1. The summed E-state index contributed by atoms with van der Waals surface area (Å²) in [5, 5.41) is 9.92. The van der Waals surface area contributed by atoms with E-state index in [9.17, 15) is 0 Å². The van der Waals surface area contributed by atoms with Crippen molar-refractivity contribution in [3.05, 3.63) is 72.3 Å². The van der Waals surface area contributed by atoms with Crippen molar-refractivity contribution in [3.63, 3.8) is 0 Å². The quantitative estimate of drug-likeness (QED) is 0.569. The molecule has 0 atom stereocenters. The van der Waals surface area contributed by atoms with Crippen molar-refractivity contribution >= 4 is 16.6 Å². The SMILES string of the molecule is c1ccc(C2CCN(Cc3nnc4c5ccccc5ncn34)CC2)cc1. The van der Waals surface area contributed by atoms with E-state index in [1.54, 1.807) is 0 Å². The normalized spacial score (nSPS) is 16.5. The van der Waals surface area contributed by atoms with E-state index >= 15 is 0 Å². The zero-order chi connectivity index (χ0) is 17.3. The Balaban J connectivity index is 1.34. The van der Waals surface area contributed by atoms with Gasteiger partial charge in [-0.15, -0.1) is 10.2 Å². The van der Waals surface area contributed by atoms with Gasteiger partial charge in [-0.1, -0.05) is 42.5 Å². The first kappa shape index (κ1) is 15.5. The highest BCUT2D eigenvalue weighted by molar-refractivity contribution is 5.90.